The molecule has 6 aromatic carbocycles. The van der Waals surface area contributed by atoms with Gasteiger partial charge in [0, 0.05) is 84.0 Å². The van der Waals surface area contributed by atoms with Gasteiger partial charge in [-0.15, -0.1) is 0 Å². The number of halogens is 6. The van der Waals surface area contributed by atoms with E-state index in [1.165, 1.54) is 31.4 Å². The van der Waals surface area contributed by atoms with E-state index in [9.17, 15) is 32.3 Å². The highest BCUT2D eigenvalue weighted by Crippen LogP contribution is 2.39. The molecular weight excluding hydrogens is 1020 g/mol. The van der Waals surface area contributed by atoms with Gasteiger partial charge in [-0.25, -0.2) is 27.2 Å². The molecule has 0 saturated carbocycles. The molecule has 0 bridgehead atoms. The number of ether oxygens (including phenoxy) is 3. The van der Waals surface area contributed by atoms with E-state index < -0.39 is 35.2 Å². The van der Waals surface area contributed by atoms with E-state index in [1.54, 1.807) is 42.5 Å². The molecule has 69 heavy (non-hydrogen) atoms. The predicted molar refractivity (Wildman–Crippen MR) is 266 cm³/mol. The Kier molecular flexibility index (Phi) is 15.6. The van der Waals surface area contributed by atoms with Crippen LogP contribution in [0.1, 0.15) is 50.2 Å². The van der Waals surface area contributed by atoms with Crippen LogP contribution in [0.15, 0.2) is 142 Å². The minimum Gasteiger partial charge on any atom is -0.488 e. The lowest BCUT2D eigenvalue weighted by atomic mass is 10.1. The summed E-state index contributed by atoms with van der Waals surface area (Å²) in [6, 6.07) is 35.5. The highest BCUT2D eigenvalue weighted by Gasteiger charge is 2.20. The topological polar surface area (TPSA) is 130 Å². The molecule has 4 N–H and O–H groups in total. The van der Waals surface area contributed by atoms with Gasteiger partial charge in [0.1, 0.15) is 48.0 Å². The van der Waals surface area contributed by atoms with Crippen molar-refractivity contribution >= 4 is 55.2 Å². The molecule has 0 amide bonds. The minimum absolute atomic E-state index is 0.0782. The van der Waals surface area contributed by atoms with E-state index in [2.05, 4.69) is 37.2 Å². The number of nitrogens with zero attached hydrogens (tertiary/aromatic N) is 2. The quantitative estimate of drug-likeness (QED) is 0.0558. The van der Waals surface area contributed by atoms with Gasteiger partial charge >= 0.3 is 11.9 Å². The first kappa shape index (κ1) is 49.6. The molecule has 16 heteroatoms. The molecule has 0 aliphatic carbocycles. The first-order chi connectivity index (χ1) is 33.0. The number of aromatic nitrogens is 2. The fourth-order valence-corrected chi connectivity index (χ4v) is 8.32. The Morgan fingerprint density at radius 3 is 1.58 bits per heavy atom. The average molecular weight is 1070 g/mol. The van der Waals surface area contributed by atoms with Crippen LogP contribution in [0.2, 0.25) is 0 Å². The summed E-state index contributed by atoms with van der Waals surface area (Å²) in [5, 5.41) is 12.8. The number of carboxylic acids is 1. The van der Waals surface area contributed by atoms with Crippen LogP contribution in [0.25, 0.3) is 33.9 Å². The van der Waals surface area contributed by atoms with Crippen LogP contribution in [-0.4, -0.2) is 39.8 Å². The summed E-state index contributed by atoms with van der Waals surface area (Å²) in [6.07, 6.45) is 0. The molecule has 354 valence electrons. The third-order valence-electron chi connectivity index (χ3n) is 10.8. The number of carbonyl (C=O) groups is 2. The van der Waals surface area contributed by atoms with E-state index >= 15 is 0 Å². The molecule has 0 unspecified atom stereocenters. The van der Waals surface area contributed by atoms with Gasteiger partial charge in [-0.3, -0.25) is 0 Å². The normalized spacial score (nSPS) is 10.9. The summed E-state index contributed by atoms with van der Waals surface area (Å²) in [5.74, 6) is -3.16. The van der Waals surface area contributed by atoms with Crippen molar-refractivity contribution in [3.63, 3.8) is 0 Å². The van der Waals surface area contributed by atoms with Gasteiger partial charge in [-0.2, -0.15) is 0 Å². The van der Waals surface area contributed by atoms with E-state index in [4.69, 9.17) is 19.9 Å². The molecule has 0 atom stereocenters. The number of aryl methyl sites for hydroxylation is 2. The Morgan fingerprint density at radius 1 is 0.623 bits per heavy atom. The van der Waals surface area contributed by atoms with Crippen molar-refractivity contribution in [3.05, 3.63) is 199 Å². The molecule has 8 rings (SSSR count). The summed E-state index contributed by atoms with van der Waals surface area (Å²) < 4.78 is 77.1. The summed E-state index contributed by atoms with van der Waals surface area (Å²) >= 11 is 7.01. The molecule has 0 fully saturated rings. The van der Waals surface area contributed by atoms with Crippen LogP contribution >= 0.6 is 31.9 Å². The van der Waals surface area contributed by atoms with Crippen molar-refractivity contribution in [1.29, 1.82) is 0 Å². The van der Waals surface area contributed by atoms with E-state index in [-0.39, 0.29) is 29.9 Å². The number of carboxylic acid groups (broad SMARTS) is 1. The Morgan fingerprint density at radius 2 is 1.12 bits per heavy atom. The second kappa shape index (κ2) is 21.8. The largest absolute Gasteiger partial charge is 0.488 e. The smallest absolute Gasteiger partial charge is 0.337 e. The number of hydrogen-bond acceptors (Lipinski definition) is 7. The third-order valence-corrected chi connectivity index (χ3v) is 11.8. The van der Waals surface area contributed by atoms with Gasteiger partial charge in [0.2, 0.25) is 0 Å². The predicted octanol–water partition coefficient (Wildman–Crippen LogP) is 13.6. The van der Waals surface area contributed by atoms with Crippen LogP contribution in [0.5, 0.6) is 11.5 Å². The Hall–Kier alpha value is -7.30. The summed E-state index contributed by atoms with van der Waals surface area (Å²) in [5.41, 5.74) is 14.3. The zero-order valence-electron chi connectivity index (χ0n) is 37.6. The van der Waals surface area contributed by atoms with Crippen molar-refractivity contribution in [2.75, 3.05) is 24.7 Å². The average Bonchev–Trinajstić information content (AvgIpc) is 3.90. The number of anilines is 2. The van der Waals surface area contributed by atoms with Gasteiger partial charge in [-0.05, 0) is 142 Å². The number of carbonyl (C=O) groups excluding carboxylic acids is 1. The number of hydrogen-bond donors (Lipinski definition) is 3. The first-order valence-corrected chi connectivity index (χ1v) is 22.8. The number of nitrogen functional groups attached to an aromatic ring is 1. The van der Waals surface area contributed by atoms with Crippen LogP contribution in [-0.2, 0) is 18.0 Å². The van der Waals surface area contributed by atoms with Gasteiger partial charge < -0.3 is 39.5 Å². The molecule has 0 saturated heterocycles. The maximum Gasteiger partial charge on any atom is 0.337 e. The zero-order chi connectivity index (χ0) is 49.5. The van der Waals surface area contributed by atoms with Gasteiger partial charge in [0.15, 0.2) is 0 Å². The van der Waals surface area contributed by atoms with Gasteiger partial charge in [-0.1, -0.05) is 31.9 Å². The highest BCUT2D eigenvalue weighted by molar-refractivity contribution is 9.10. The molecule has 0 aliphatic heterocycles. The molecular formula is C53H44Br2F4N4O6. The number of esters is 1. The van der Waals surface area contributed by atoms with Crippen LogP contribution in [0.3, 0.4) is 0 Å². The number of nitrogens with one attached hydrogen (secondary N) is 1. The molecule has 0 aliphatic rings. The van der Waals surface area contributed by atoms with Crippen molar-refractivity contribution in [1.82, 2.24) is 9.13 Å². The molecule has 0 radical (unpaired) electrons. The highest BCUT2D eigenvalue weighted by atomic mass is 79.9. The lowest BCUT2D eigenvalue weighted by Crippen LogP contribution is -2.07. The van der Waals surface area contributed by atoms with Gasteiger partial charge in [0.05, 0.1) is 29.6 Å². The Bertz CT molecular complexity index is 3210. The summed E-state index contributed by atoms with van der Waals surface area (Å²) in [7, 11) is 1.31. The second-order valence-corrected chi connectivity index (χ2v) is 17.5. The fourth-order valence-electron chi connectivity index (χ4n) is 7.60. The molecule has 0 spiro atoms. The van der Waals surface area contributed by atoms with Crippen molar-refractivity contribution in [2.24, 2.45) is 0 Å². The van der Waals surface area contributed by atoms with Crippen molar-refractivity contribution < 1.29 is 46.5 Å². The lowest BCUT2D eigenvalue weighted by molar-refractivity contribution is 0.0599. The van der Waals surface area contributed by atoms with Crippen LogP contribution < -0.4 is 20.5 Å². The Labute approximate surface area is 412 Å². The number of aromatic carboxylic acids is 1. The summed E-state index contributed by atoms with van der Waals surface area (Å²) in [4.78, 5) is 23.9. The van der Waals surface area contributed by atoms with E-state index in [0.717, 1.165) is 55.0 Å². The molecule has 10 nitrogen and oxygen atoms in total. The second-order valence-electron chi connectivity index (χ2n) is 15.6. The van der Waals surface area contributed by atoms with E-state index in [1.807, 2.05) is 84.5 Å². The Balaban J connectivity index is 0.000000204. The van der Waals surface area contributed by atoms with Crippen molar-refractivity contribution in [2.45, 2.75) is 34.0 Å². The monoisotopic (exact) mass is 1070 g/mol. The van der Waals surface area contributed by atoms with Gasteiger partial charge in [0.25, 0.3) is 0 Å². The SMILES string of the molecule is CCNc1cc(C(=O)O)cc(-n2c(C)ccc2-c2cc(Br)ccc2OCc2ccc(F)cc2F)c1.COC(=O)c1cc(N)cc(-n2c(C)ccc2-c2cc(Br)ccc2OCc2ccc(F)cc2F)c1. The standard InChI is InChI=1S/C27H23BrF2N2O3.C26H21BrF2N2O3/c1-3-31-21-10-18(27(33)34)11-22(14-21)32-16(2)4-8-25(32)23-12-19(28)6-9-26(23)35-15-17-5-7-20(29)13-24(17)30;1-15-3-7-24(31(15)21-10-17(26(32)33-2)9-20(30)13-21)22-11-18(27)5-8-25(22)34-14-16-4-6-19(28)12-23(16)29/h4-14,31H,3,15H2,1-2H3,(H,33,34);3-13H,14,30H2,1-2H3. The number of rotatable bonds is 14. The van der Waals surface area contributed by atoms with E-state index in [0.29, 0.717) is 46.4 Å². The molecule has 2 heterocycles. The fraction of sp³-hybridized carbons (Fsp3) is 0.132. The van der Waals surface area contributed by atoms with Crippen molar-refractivity contribution in [3.8, 4) is 45.4 Å². The van der Waals surface area contributed by atoms with Crippen LogP contribution in [0.4, 0.5) is 28.9 Å². The van der Waals surface area contributed by atoms with Crippen LogP contribution in [0, 0.1) is 37.1 Å². The number of methoxy groups -OCH3 is 1. The number of benzene rings is 6. The number of nitrogens with two attached hydrogens (primary N) is 1. The lowest BCUT2D eigenvalue weighted by Gasteiger charge is -2.18. The third kappa shape index (κ3) is 11.7. The zero-order valence-corrected chi connectivity index (χ0v) is 40.7. The summed E-state index contributed by atoms with van der Waals surface area (Å²) in [6.45, 7) is 6.27. The minimum atomic E-state index is -1.02. The first-order valence-electron chi connectivity index (χ1n) is 21.2. The molecule has 2 aromatic heterocycles. The molecule has 8 aromatic rings. The maximum atomic E-state index is 14.1. The maximum absolute atomic E-state index is 14.1.